The number of amides is 1. The van der Waals surface area contributed by atoms with E-state index in [4.69, 9.17) is 4.42 Å². The first-order valence-corrected chi connectivity index (χ1v) is 9.15. The van der Waals surface area contributed by atoms with Crippen molar-refractivity contribution < 1.29 is 9.21 Å². The summed E-state index contributed by atoms with van der Waals surface area (Å²) in [5.74, 6) is 2.36. The molecule has 1 saturated carbocycles. The Hall–Kier alpha value is -1.76. The molecule has 1 atom stereocenters. The summed E-state index contributed by atoms with van der Waals surface area (Å²) in [5.41, 5.74) is -0.243. The van der Waals surface area contributed by atoms with E-state index in [9.17, 15) is 4.79 Å². The van der Waals surface area contributed by atoms with Crippen LogP contribution >= 0.6 is 11.8 Å². The standard InChI is InChI=1S/C17H24N4O2S/c1-11(15(22)18-17(2,3)4)24-16-20-19-14(12-7-8-12)21(16)10-13-6-5-9-23-13/h5-6,9,11-12H,7-8,10H2,1-4H3,(H,18,22). The molecule has 7 heteroatoms. The van der Waals surface area contributed by atoms with E-state index >= 15 is 0 Å². The summed E-state index contributed by atoms with van der Waals surface area (Å²) >= 11 is 1.44. The van der Waals surface area contributed by atoms with Crippen LogP contribution in [0.15, 0.2) is 28.0 Å². The van der Waals surface area contributed by atoms with Gasteiger partial charge < -0.3 is 9.73 Å². The van der Waals surface area contributed by atoms with Gasteiger partial charge in [0.15, 0.2) is 5.16 Å². The Labute approximate surface area is 146 Å². The first kappa shape index (κ1) is 17.1. The Balaban J connectivity index is 1.76. The molecule has 2 aromatic rings. The van der Waals surface area contributed by atoms with Gasteiger partial charge in [0.25, 0.3) is 0 Å². The van der Waals surface area contributed by atoms with Crippen LogP contribution in [0, 0.1) is 0 Å². The zero-order valence-electron chi connectivity index (χ0n) is 14.6. The quantitative estimate of drug-likeness (QED) is 0.812. The van der Waals surface area contributed by atoms with Gasteiger partial charge in [-0.1, -0.05) is 11.8 Å². The number of rotatable bonds is 6. The highest BCUT2D eigenvalue weighted by molar-refractivity contribution is 8.00. The van der Waals surface area contributed by atoms with Crippen molar-refractivity contribution in [2.75, 3.05) is 0 Å². The molecule has 130 valence electrons. The Kier molecular flexibility index (Phi) is 4.71. The van der Waals surface area contributed by atoms with Gasteiger partial charge in [-0.2, -0.15) is 0 Å². The number of hydrogen-bond acceptors (Lipinski definition) is 5. The van der Waals surface area contributed by atoms with E-state index in [1.807, 2.05) is 39.8 Å². The minimum atomic E-state index is -0.243. The molecule has 0 aromatic carbocycles. The highest BCUT2D eigenvalue weighted by Crippen LogP contribution is 2.40. The van der Waals surface area contributed by atoms with Crippen molar-refractivity contribution in [2.24, 2.45) is 0 Å². The smallest absolute Gasteiger partial charge is 0.233 e. The van der Waals surface area contributed by atoms with Crippen LogP contribution in [-0.2, 0) is 11.3 Å². The topological polar surface area (TPSA) is 73.0 Å². The van der Waals surface area contributed by atoms with Crippen LogP contribution in [0.25, 0.3) is 0 Å². The van der Waals surface area contributed by atoms with Crippen molar-refractivity contribution in [3.8, 4) is 0 Å². The third kappa shape index (κ3) is 4.20. The number of furan rings is 1. The van der Waals surface area contributed by atoms with Crippen LogP contribution in [0.1, 0.15) is 58.0 Å². The average Bonchev–Trinajstić information content (AvgIpc) is 3.05. The van der Waals surface area contributed by atoms with Gasteiger partial charge in [-0.05, 0) is 52.7 Å². The molecule has 3 rings (SSSR count). The Morgan fingerprint density at radius 3 is 2.79 bits per heavy atom. The molecule has 2 heterocycles. The zero-order valence-corrected chi connectivity index (χ0v) is 15.4. The van der Waals surface area contributed by atoms with Crippen molar-refractivity contribution in [1.82, 2.24) is 20.1 Å². The minimum Gasteiger partial charge on any atom is -0.467 e. The Morgan fingerprint density at radius 2 is 2.21 bits per heavy atom. The fourth-order valence-corrected chi connectivity index (χ4v) is 3.28. The molecular weight excluding hydrogens is 324 g/mol. The lowest BCUT2D eigenvalue weighted by Gasteiger charge is -2.22. The van der Waals surface area contributed by atoms with Gasteiger partial charge in [-0.15, -0.1) is 10.2 Å². The van der Waals surface area contributed by atoms with Crippen molar-refractivity contribution in [3.05, 3.63) is 30.0 Å². The van der Waals surface area contributed by atoms with Crippen molar-refractivity contribution in [2.45, 2.75) is 68.9 Å². The lowest BCUT2D eigenvalue weighted by Crippen LogP contribution is -2.44. The molecule has 1 N–H and O–H groups in total. The summed E-state index contributed by atoms with van der Waals surface area (Å²) in [6.45, 7) is 8.43. The summed E-state index contributed by atoms with van der Waals surface area (Å²) in [6.07, 6.45) is 3.98. The van der Waals surface area contributed by atoms with Gasteiger partial charge in [0.2, 0.25) is 5.91 Å². The van der Waals surface area contributed by atoms with E-state index in [2.05, 4.69) is 20.1 Å². The molecule has 6 nitrogen and oxygen atoms in total. The van der Waals surface area contributed by atoms with Crippen LogP contribution in [0.4, 0.5) is 0 Å². The van der Waals surface area contributed by atoms with E-state index in [-0.39, 0.29) is 16.7 Å². The van der Waals surface area contributed by atoms with E-state index in [0.29, 0.717) is 12.5 Å². The SMILES string of the molecule is CC(Sc1nnc(C2CC2)n1Cc1ccco1)C(=O)NC(C)(C)C. The largest absolute Gasteiger partial charge is 0.467 e. The lowest BCUT2D eigenvalue weighted by atomic mass is 10.1. The summed E-state index contributed by atoms with van der Waals surface area (Å²) in [7, 11) is 0. The van der Waals surface area contributed by atoms with Crippen molar-refractivity contribution in [3.63, 3.8) is 0 Å². The third-order valence-electron chi connectivity index (χ3n) is 3.73. The summed E-state index contributed by atoms with van der Waals surface area (Å²) in [6, 6.07) is 3.82. The molecule has 1 amide bonds. The molecule has 0 spiro atoms. The van der Waals surface area contributed by atoms with Gasteiger partial charge in [0.1, 0.15) is 11.6 Å². The molecule has 24 heavy (non-hydrogen) atoms. The van der Waals surface area contributed by atoms with E-state index in [1.165, 1.54) is 11.8 Å². The zero-order chi connectivity index (χ0) is 17.3. The second kappa shape index (κ2) is 6.63. The second-order valence-corrected chi connectivity index (χ2v) is 8.59. The number of nitrogens with zero attached hydrogens (tertiary/aromatic N) is 3. The maximum atomic E-state index is 12.3. The lowest BCUT2D eigenvalue weighted by molar-refractivity contribution is -0.121. The molecule has 0 aliphatic heterocycles. The summed E-state index contributed by atoms with van der Waals surface area (Å²) < 4.78 is 7.56. The fourth-order valence-electron chi connectivity index (χ4n) is 2.42. The number of thioether (sulfide) groups is 1. The predicted molar refractivity (Wildman–Crippen MR) is 93.0 cm³/mol. The van der Waals surface area contributed by atoms with E-state index in [1.54, 1.807) is 6.26 Å². The first-order chi connectivity index (χ1) is 11.3. The third-order valence-corrected chi connectivity index (χ3v) is 4.81. The number of aromatic nitrogens is 3. The molecule has 1 fully saturated rings. The summed E-state index contributed by atoms with van der Waals surface area (Å²) in [5, 5.41) is 12.2. The Morgan fingerprint density at radius 1 is 1.46 bits per heavy atom. The van der Waals surface area contributed by atoms with Crippen LogP contribution in [0.2, 0.25) is 0 Å². The number of carbonyl (C=O) groups excluding carboxylic acids is 1. The van der Waals surface area contributed by atoms with E-state index < -0.39 is 0 Å². The minimum absolute atomic E-state index is 0.00743. The number of nitrogens with one attached hydrogen (secondary N) is 1. The van der Waals surface area contributed by atoms with Crippen LogP contribution in [0.3, 0.4) is 0 Å². The van der Waals surface area contributed by atoms with Gasteiger partial charge in [-0.25, -0.2) is 0 Å². The highest BCUT2D eigenvalue weighted by atomic mass is 32.2. The molecule has 0 saturated heterocycles. The second-order valence-electron chi connectivity index (χ2n) is 7.28. The highest BCUT2D eigenvalue weighted by Gasteiger charge is 2.31. The van der Waals surface area contributed by atoms with Crippen LogP contribution in [-0.4, -0.2) is 31.5 Å². The number of hydrogen-bond donors (Lipinski definition) is 1. The molecular formula is C17H24N4O2S. The molecule has 1 aliphatic rings. The molecule has 2 aromatic heterocycles. The normalized spacial score (nSPS) is 16.2. The van der Waals surface area contributed by atoms with Crippen LogP contribution in [0.5, 0.6) is 0 Å². The molecule has 1 unspecified atom stereocenters. The Bertz CT molecular complexity index is 699. The maximum Gasteiger partial charge on any atom is 0.233 e. The maximum absolute atomic E-state index is 12.3. The van der Waals surface area contributed by atoms with E-state index in [0.717, 1.165) is 29.6 Å². The molecule has 0 radical (unpaired) electrons. The molecule has 0 bridgehead atoms. The first-order valence-electron chi connectivity index (χ1n) is 8.27. The summed E-state index contributed by atoms with van der Waals surface area (Å²) in [4.78, 5) is 12.3. The molecule has 1 aliphatic carbocycles. The average molecular weight is 348 g/mol. The number of carbonyl (C=O) groups is 1. The van der Waals surface area contributed by atoms with Crippen LogP contribution < -0.4 is 5.32 Å². The monoisotopic (exact) mass is 348 g/mol. The fraction of sp³-hybridized carbons (Fsp3) is 0.588. The van der Waals surface area contributed by atoms with Gasteiger partial charge in [0, 0.05) is 11.5 Å². The van der Waals surface area contributed by atoms with Crippen molar-refractivity contribution >= 4 is 17.7 Å². The van der Waals surface area contributed by atoms with Crippen molar-refractivity contribution in [1.29, 1.82) is 0 Å². The van der Waals surface area contributed by atoms with Gasteiger partial charge in [0.05, 0.1) is 18.1 Å². The van der Waals surface area contributed by atoms with Gasteiger partial charge >= 0.3 is 0 Å². The van der Waals surface area contributed by atoms with Gasteiger partial charge in [-0.3, -0.25) is 9.36 Å². The predicted octanol–water partition coefficient (Wildman–Crippen LogP) is 3.19.